The number of benzene rings is 1. The fourth-order valence-corrected chi connectivity index (χ4v) is 3.17. The standard InChI is InChI=1S/C20H27ClN4O4S/c1-6-12(2)16(23-18(27)29-20(3,4)5)17-24-25-19(28-17)30-11-15(26)22-14-9-7-8-13(21)10-14/h7-10,12,16H,6,11H2,1-5H3,(H,22,26)(H,23,27). The van der Waals surface area contributed by atoms with Gasteiger partial charge in [0.15, 0.2) is 0 Å². The maximum atomic E-state index is 12.2. The molecule has 0 saturated heterocycles. The Kier molecular flexibility index (Phi) is 8.54. The largest absolute Gasteiger partial charge is 0.444 e. The zero-order valence-corrected chi connectivity index (χ0v) is 19.3. The van der Waals surface area contributed by atoms with E-state index in [1.165, 1.54) is 0 Å². The highest BCUT2D eigenvalue weighted by Gasteiger charge is 2.28. The van der Waals surface area contributed by atoms with Crippen molar-refractivity contribution in [2.45, 2.75) is 57.9 Å². The molecule has 1 heterocycles. The molecule has 0 radical (unpaired) electrons. The molecule has 0 saturated carbocycles. The summed E-state index contributed by atoms with van der Waals surface area (Å²) in [5.74, 6) is 0.170. The number of hydrogen-bond acceptors (Lipinski definition) is 7. The van der Waals surface area contributed by atoms with Crippen LogP contribution in [0.25, 0.3) is 0 Å². The molecule has 8 nitrogen and oxygen atoms in total. The van der Waals surface area contributed by atoms with Crippen molar-refractivity contribution in [3.63, 3.8) is 0 Å². The number of halogens is 1. The van der Waals surface area contributed by atoms with Gasteiger partial charge in [0, 0.05) is 10.7 Å². The number of amides is 2. The molecule has 2 N–H and O–H groups in total. The summed E-state index contributed by atoms with van der Waals surface area (Å²) in [5.41, 5.74) is -0.00580. The van der Waals surface area contributed by atoms with E-state index in [0.29, 0.717) is 10.7 Å². The van der Waals surface area contributed by atoms with Gasteiger partial charge in [-0.3, -0.25) is 4.79 Å². The average molecular weight is 455 g/mol. The predicted octanol–water partition coefficient (Wildman–Crippen LogP) is 5.07. The van der Waals surface area contributed by atoms with Crippen molar-refractivity contribution in [2.24, 2.45) is 5.92 Å². The highest BCUT2D eigenvalue weighted by atomic mass is 35.5. The van der Waals surface area contributed by atoms with E-state index in [9.17, 15) is 9.59 Å². The summed E-state index contributed by atoms with van der Waals surface area (Å²) in [7, 11) is 0. The van der Waals surface area contributed by atoms with Crippen LogP contribution in [0.1, 0.15) is 53.0 Å². The second-order valence-corrected chi connectivity index (χ2v) is 9.13. The van der Waals surface area contributed by atoms with Gasteiger partial charge in [-0.05, 0) is 44.9 Å². The van der Waals surface area contributed by atoms with Gasteiger partial charge in [0.2, 0.25) is 11.8 Å². The molecule has 2 unspecified atom stereocenters. The van der Waals surface area contributed by atoms with E-state index in [-0.39, 0.29) is 28.7 Å². The minimum Gasteiger partial charge on any atom is -0.444 e. The van der Waals surface area contributed by atoms with Gasteiger partial charge in [0.05, 0.1) is 5.75 Å². The summed E-state index contributed by atoms with van der Waals surface area (Å²) in [6, 6.07) is 6.39. The Morgan fingerprint density at radius 3 is 2.67 bits per heavy atom. The maximum Gasteiger partial charge on any atom is 0.408 e. The summed E-state index contributed by atoms with van der Waals surface area (Å²) in [6.45, 7) is 9.35. The summed E-state index contributed by atoms with van der Waals surface area (Å²) in [6.07, 6.45) is 0.231. The van der Waals surface area contributed by atoms with Gasteiger partial charge in [-0.25, -0.2) is 4.79 Å². The molecule has 2 amide bonds. The Morgan fingerprint density at radius 2 is 2.03 bits per heavy atom. The Bertz CT molecular complexity index is 868. The van der Waals surface area contributed by atoms with Crippen molar-refractivity contribution in [1.29, 1.82) is 0 Å². The molecule has 0 spiro atoms. The summed E-state index contributed by atoms with van der Waals surface area (Å²) in [4.78, 5) is 24.3. The Morgan fingerprint density at radius 1 is 1.30 bits per heavy atom. The lowest BCUT2D eigenvalue weighted by Crippen LogP contribution is -2.37. The van der Waals surface area contributed by atoms with Gasteiger partial charge in [-0.2, -0.15) is 0 Å². The number of carbonyl (C=O) groups is 2. The lowest BCUT2D eigenvalue weighted by Gasteiger charge is -2.24. The average Bonchev–Trinajstić information content (AvgIpc) is 3.11. The highest BCUT2D eigenvalue weighted by Crippen LogP contribution is 2.27. The number of nitrogens with zero attached hydrogens (tertiary/aromatic N) is 2. The van der Waals surface area contributed by atoms with Gasteiger partial charge in [-0.1, -0.05) is 49.7 Å². The van der Waals surface area contributed by atoms with E-state index in [1.54, 1.807) is 45.0 Å². The number of rotatable bonds is 8. The fourth-order valence-electron chi connectivity index (χ4n) is 2.41. The molecular weight excluding hydrogens is 428 g/mol. The van der Waals surface area contributed by atoms with Crippen LogP contribution in [-0.2, 0) is 9.53 Å². The van der Waals surface area contributed by atoms with Crippen molar-refractivity contribution in [2.75, 3.05) is 11.1 Å². The van der Waals surface area contributed by atoms with Crippen LogP contribution in [0.5, 0.6) is 0 Å². The SMILES string of the molecule is CCC(C)C(NC(=O)OC(C)(C)C)c1nnc(SCC(=O)Nc2cccc(Cl)c2)o1. The highest BCUT2D eigenvalue weighted by molar-refractivity contribution is 7.99. The van der Waals surface area contributed by atoms with Crippen molar-refractivity contribution in [1.82, 2.24) is 15.5 Å². The van der Waals surface area contributed by atoms with Crippen LogP contribution in [0.4, 0.5) is 10.5 Å². The third-order valence-corrected chi connectivity index (χ3v) is 5.06. The molecule has 30 heavy (non-hydrogen) atoms. The topological polar surface area (TPSA) is 106 Å². The number of aromatic nitrogens is 2. The number of hydrogen-bond donors (Lipinski definition) is 2. The molecule has 0 fully saturated rings. The molecule has 0 aliphatic heterocycles. The van der Waals surface area contributed by atoms with Crippen molar-refractivity contribution < 1.29 is 18.7 Å². The third-order valence-electron chi connectivity index (χ3n) is 4.01. The quantitative estimate of drug-likeness (QED) is 0.536. The first-order chi connectivity index (χ1) is 14.1. The number of thioether (sulfide) groups is 1. The van der Waals surface area contributed by atoms with Crippen LogP contribution in [0.2, 0.25) is 5.02 Å². The predicted molar refractivity (Wildman–Crippen MR) is 117 cm³/mol. The van der Waals surface area contributed by atoms with Crippen molar-refractivity contribution in [3.05, 3.63) is 35.2 Å². The van der Waals surface area contributed by atoms with Gasteiger partial charge in [0.1, 0.15) is 11.6 Å². The first-order valence-electron chi connectivity index (χ1n) is 9.58. The van der Waals surface area contributed by atoms with E-state index in [0.717, 1.165) is 18.2 Å². The lowest BCUT2D eigenvalue weighted by atomic mass is 9.99. The molecule has 2 aromatic rings. The maximum absolute atomic E-state index is 12.2. The van der Waals surface area contributed by atoms with Crippen LogP contribution in [0.15, 0.2) is 33.9 Å². The second-order valence-electron chi connectivity index (χ2n) is 7.76. The van der Waals surface area contributed by atoms with Crippen LogP contribution in [-0.4, -0.2) is 33.6 Å². The van der Waals surface area contributed by atoms with Gasteiger partial charge < -0.3 is 19.8 Å². The zero-order valence-electron chi connectivity index (χ0n) is 17.7. The Hall–Kier alpha value is -2.26. The molecule has 0 aliphatic rings. The summed E-state index contributed by atoms with van der Waals surface area (Å²) >= 11 is 7.02. The Balaban J connectivity index is 1.97. The van der Waals surface area contributed by atoms with Crippen LogP contribution in [0, 0.1) is 5.92 Å². The van der Waals surface area contributed by atoms with Gasteiger partial charge in [0.25, 0.3) is 5.22 Å². The number of anilines is 1. The molecule has 164 valence electrons. The number of alkyl carbamates (subject to hydrolysis) is 1. The number of ether oxygens (including phenoxy) is 1. The van der Waals surface area contributed by atoms with Gasteiger partial charge >= 0.3 is 6.09 Å². The molecule has 1 aromatic heterocycles. The number of nitrogens with one attached hydrogen (secondary N) is 2. The monoisotopic (exact) mass is 454 g/mol. The van der Waals surface area contributed by atoms with Crippen LogP contribution < -0.4 is 10.6 Å². The second kappa shape index (κ2) is 10.7. The van der Waals surface area contributed by atoms with Crippen molar-refractivity contribution in [3.8, 4) is 0 Å². The minimum atomic E-state index is -0.615. The lowest BCUT2D eigenvalue weighted by molar-refractivity contribution is -0.113. The van der Waals surface area contributed by atoms with E-state index in [4.69, 9.17) is 20.8 Å². The van der Waals surface area contributed by atoms with Crippen molar-refractivity contribution >= 4 is 41.1 Å². The van der Waals surface area contributed by atoms with E-state index in [2.05, 4.69) is 20.8 Å². The minimum absolute atomic E-state index is 0.0435. The zero-order chi connectivity index (χ0) is 22.3. The molecule has 0 bridgehead atoms. The van der Waals surface area contributed by atoms with E-state index in [1.807, 2.05) is 13.8 Å². The van der Waals surface area contributed by atoms with E-state index >= 15 is 0 Å². The molecule has 10 heteroatoms. The first-order valence-corrected chi connectivity index (χ1v) is 10.9. The molecule has 2 rings (SSSR count). The van der Waals surface area contributed by atoms with E-state index < -0.39 is 17.7 Å². The smallest absolute Gasteiger partial charge is 0.408 e. The normalized spacial score (nSPS) is 13.4. The molecule has 2 atom stereocenters. The molecule has 1 aromatic carbocycles. The van der Waals surface area contributed by atoms with Crippen LogP contribution in [0.3, 0.4) is 0 Å². The van der Waals surface area contributed by atoms with Crippen LogP contribution >= 0.6 is 23.4 Å². The number of carbonyl (C=O) groups excluding carboxylic acids is 2. The Labute approximate surface area is 185 Å². The molecular formula is C20H27ClN4O4S. The van der Waals surface area contributed by atoms with Gasteiger partial charge in [-0.15, -0.1) is 10.2 Å². The summed E-state index contributed by atoms with van der Waals surface area (Å²) in [5, 5.41) is 14.4. The molecule has 0 aliphatic carbocycles. The fraction of sp³-hybridized carbons (Fsp3) is 0.500. The summed E-state index contributed by atoms with van der Waals surface area (Å²) < 4.78 is 11.0. The third kappa shape index (κ3) is 7.87. The first kappa shape index (κ1) is 24.0.